The van der Waals surface area contributed by atoms with Gasteiger partial charge in [-0.1, -0.05) is 35.3 Å². The zero-order valence-corrected chi connectivity index (χ0v) is 18.3. The molecule has 0 aliphatic rings. The summed E-state index contributed by atoms with van der Waals surface area (Å²) in [4.78, 5) is 12.2. The number of halogens is 2. The van der Waals surface area contributed by atoms with E-state index < -0.39 is 22.5 Å². The highest BCUT2D eigenvalue weighted by atomic mass is 35.5. The Morgan fingerprint density at radius 1 is 1.11 bits per heavy atom. The van der Waals surface area contributed by atoms with E-state index in [0.717, 1.165) is 27.3 Å². The molecule has 0 radical (unpaired) electrons. The molecule has 0 fully saturated rings. The monoisotopic (exact) mass is 441 g/mol. The average molecular weight is 442 g/mol. The summed E-state index contributed by atoms with van der Waals surface area (Å²) in [5.74, 6) is -0.589. The van der Waals surface area contributed by atoms with Crippen molar-refractivity contribution >= 4 is 51.0 Å². The summed E-state index contributed by atoms with van der Waals surface area (Å²) in [6.07, 6.45) is 2.54. The highest BCUT2D eigenvalue weighted by Crippen LogP contribution is 2.28. The van der Waals surface area contributed by atoms with Crippen LogP contribution in [0, 0.1) is 20.8 Å². The number of amides is 1. The Hall–Kier alpha value is -2.09. The van der Waals surface area contributed by atoms with Gasteiger partial charge in [-0.2, -0.15) is 5.10 Å². The van der Waals surface area contributed by atoms with Gasteiger partial charge in [0, 0.05) is 0 Å². The molecule has 2 rings (SSSR count). The van der Waals surface area contributed by atoms with Crippen LogP contribution in [0.3, 0.4) is 0 Å². The van der Waals surface area contributed by atoms with Crippen molar-refractivity contribution in [2.24, 2.45) is 5.10 Å². The highest BCUT2D eigenvalue weighted by molar-refractivity contribution is 7.92. The smallest absolute Gasteiger partial charge is 0.260 e. The quantitative estimate of drug-likeness (QED) is 0.546. The third kappa shape index (κ3) is 5.47. The van der Waals surface area contributed by atoms with Gasteiger partial charge in [-0.3, -0.25) is 9.10 Å². The fourth-order valence-electron chi connectivity index (χ4n) is 2.50. The van der Waals surface area contributed by atoms with Crippen molar-refractivity contribution in [2.75, 3.05) is 17.1 Å². The van der Waals surface area contributed by atoms with E-state index in [1.807, 2.05) is 32.9 Å². The number of sulfonamides is 1. The summed E-state index contributed by atoms with van der Waals surface area (Å²) in [6.45, 7) is 5.57. The Kier molecular flexibility index (Phi) is 7.09. The Balaban J connectivity index is 2.14. The minimum absolute atomic E-state index is 0.191. The minimum atomic E-state index is -3.72. The number of nitrogens with zero attached hydrogens (tertiary/aromatic N) is 2. The second-order valence-corrected chi connectivity index (χ2v) is 9.10. The molecular formula is C19H21Cl2N3O3S. The molecule has 150 valence electrons. The van der Waals surface area contributed by atoms with E-state index in [2.05, 4.69) is 10.5 Å². The number of carbonyl (C=O) groups excluding carboxylic acids is 1. The molecule has 2 aromatic carbocycles. The van der Waals surface area contributed by atoms with Crippen molar-refractivity contribution in [3.05, 3.63) is 62.6 Å². The normalized spacial score (nSPS) is 11.6. The second kappa shape index (κ2) is 8.94. The van der Waals surface area contributed by atoms with Crippen molar-refractivity contribution in [3.8, 4) is 0 Å². The van der Waals surface area contributed by atoms with Crippen LogP contribution in [-0.4, -0.2) is 33.3 Å². The summed E-state index contributed by atoms with van der Waals surface area (Å²) >= 11 is 11.8. The Morgan fingerprint density at radius 3 is 2.39 bits per heavy atom. The average Bonchev–Trinajstić information content (AvgIpc) is 2.61. The fraction of sp³-hybridized carbons (Fsp3) is 0.263. The lowest BCUT2D eigenvalue weighted by Gasteiger charge is -2.21. The first kappa shape index (κ1) is 22.2. The minimum Gasteiger partial charge on any atom is -0.271 e. The Labute approximate surface area is 175 Å². The van der Waals surface area contributed by atoms with Crippen molar-refractivity contribution < 1.29 is 13.2 Å². The molecule has 2 aromatic rings. The lowest BCUT2D eigenvalue weighted by Crippen LogP contribution is -2.39. The summed E-state index contributed by atoms with van der Waals surface area (Å²) in [7, 11) is -3.72. The molecule has 0 aliphatic carbocycles. The van der Waals surface area contributed by atoms with Gasteiger partial charge >= 0.3 is 0 Å². The summed E-state index contributed by atoms with van der Waals surface area (Å²) in [6, 6.07) is 8.22. The van der Waals surface area contributed by atoms with Gasteiger partial charge in [0.05, 0.1) is 28.2 Å². The number of hydrogen-bond donors (Lipinski definition) is 1. The largest absolute Gasteiger partial charge is 0.271 e. The first-order valence-corrected chi connectivity index (χ1v) is 10.9. The van der Waals surface area contributed by atoms with Crippen molar-refractivity contribution in [1.82, 2.24) is 5.43 Å². The number of nitrogens with one attached hydrogen (secondary N) is 1. The van der Waals surface area contributed by atoms with Crippen LogP contribution in [-0.2, 0) is 14.8 Å². The van der Waals surface area contributed by atoms with Gasteiger partial charge in [-0.25, -0.2) is 13.8 Å². The van der Waals surface area contributed by atoms with Crippen LogP contribution in [0.1, 0.15) is 22.3 Å². The van der Waals surface area contributed by atoms with E-state index in [1.165, 1.54) is 30.0 Å². The SMILES string of the molecule is Cc1ccc(/C=N\NC(=O)CN(c2ccc(Cl)c(Cl)c2)S(C)(=O)=O)c(C)c1C. The van der Waals surface area contributed by atoms with Gasteiger partial charge in [0.15, 0.2) is 0 Å². The topological polar surface area (TPSA) is 78.8 Å². The second-order valence-electron chi connectivity index (χ2n) is 6.38. The van der Waals surface area contributed by atoms with Crippen LogP contribution in [0.15, 0.2) is 35.4 Å². The maximum absolute atomic E-state index is 12.2. The lowest BCUT2D eigenvalue weighted by molar-refractivity contribution is -0.119. The van der Waals surface area contributed by atoms with E-state index in [1.54, 1.807) is 0 Å². The summed E-state index contributed by atoms with van der Waals surface area (Å²) < 4.78 is 25.1. The van der Waals surface area contributed by atoms with Gasteiger partial charge in [-0.05, 0) is 61.2 Å². The van der Waals surface area contributed by atoms with Gasteiger partial charge in [0.25, 0.3) is 5.91 Å². The van der Waals surface area contributed by atoms with E-state index in [4.69, 9.17) is 23.2 Å². The number of benzene rings is 2. The van der Waals surface area contributed by atoms with Crippen LogP contribution in [0.4, 0.5) is 5.69 Å². The number of carbonyl (C=O) groups is 1. The van der Waals surface area contributed by atoms with Crippen LogP contribution >= 0.6 is 23.2 Å². The first-order chi connectivity index (χ1) is 13.0. The number of aryl methyl sites for hydroxylation is 1. The molecule has 0 bridgehead atoms. The van der Waals surface area contributed by atoms with Gasteiger partial charge in [0.2, 0.25) is 10.0 Å². The van der Waals surface area contributed by atoms with Crippen molar-refractivity contribution in [1.29, 1.82) is 0 Å². The van der Waals surface area contributed by atoms with Gasteiger partial charge < -0.3 is 0 Å². The maximum Gasteiger partial charge on any atom is 0.260 e. The van der Waals surface area contributed by atoms with Crippen molar-refractivity contribution in [3.63, 3.8) is 0 Å². The van der Waals surface area contributed by atoms with Crippen LogP contribution < -0.4 is 9.73 Å². The molecule has 0 saturated heterocycles. The molecule has 0 atom stereocenters. The van der Waals surface area contributed by atoms with E-state index in [9.17, 15) is 13.2 Å². The zero-order chi connectivity index (χ0) is 21.1. The fourth-order valence-corrected chi connectivity index (χ4v) is 3.64. The molecule has 0 spiro atoms. The Morgan fingerprint density at radius 2 is 1.79 bits per heavy atom. The number of hydrazone groups is 1. The third-order valence-corrected chi connectivity index (χ3v) is 6.25. The zero-order valence-electron chi connectivity index (χ0n) is 16.0. The molecule has 1 N–H and O–H groups in total. The van der Waals surface area contributed by atoms with Gasteiger partial charge in [0.1, 0.15) is 6.54 Å². The predicted molar refractivity (Wildman–Crippen MR) is 115 cm³/mol. The van der Waals surface area contributed by atoms with Crippen LogP contribution in [0.25, 0.3) is 0 Å². The molecule has 0 saturated carbocycles. The van der Waals surface area contributed by atoms with Gasteiger partial charge in [-0.15, -0.1) is 0 Å². The standard InChI is InChI=1S/C19H21Cl2N3O3S/c1-12-5-6-15(14(3)13(12)2)10-22-23-19(25)11-24(28(4,26)27)16-7-8-17(20)18(21)9-16/h5-10H,11H2,1-4H3,(H,23,25)/b22-10-. The van der Waals surface area contributed by atoms with E-state index in [0.29, 0.717) is 0 Å². The molecule has 9 heteroatoms. The summed E-state index contributed by atoms with van der Waals surface area (Å²) in [5, 5.41) is 4.42. The molecular weight excluding hydrogens is 421 g/mol. The summed E-state index contributed by atoms with van der Waals surface area (Å²) in [5.41, 5.74) is 6.84. The van der Waals surface area contributed by atoms with E-state index >= 15 is 0 Å². The molecule has 1 amide bonds. The maximum atomic E-state index is 12.2. The predicted octanol–water partition coefficient (Wildman–Crippen LogP) is 3.83. The Bertz CT molecular complexity index is 1040. The highest BCUT2D eigenvalue weighted by Gasteiger charge is 2.21. The molecule has 28 heavy (non-hydrogen) atoms. The first-order valence-electron chi connectivity index (χ1n) is 8.32. The third-order valence-electron chi connectivity index (χ3n) is 4.37. The van der Waals surface area contributed by atoms with Crippen LogP contribution in [0.5, 0.6) is 0 Å². The van der Waals surface area contributed by atoms with Crippen LogP contribution in [0.2, 0.25) is 10.0 Å². The molecule has 0 aromatic heterocycles. The number of hydrogen-bond acceptors (Lipinski definition) is 4. The van der Waals surface area contributed by atoms with Crippen molar-refractivity contribution in [2.45, 2.75) is 20.8 Å². The number of rotatable bonds is 6. The van der Waals surface area contributed by atoms with E-state index in [-0.39, 0.29) is 15.7 Å². The molecule has 0 heterocycles. The number of anilines is 1. The molecule has 0 unspecified atom stereocenters. The molecule has 0 aliphatic heterocycles. The lowest BCUT2D eigenvalue weighted by atomic mass is 10.00. The molecule has 6 nitrogen and oxygen atoms in total.